The average molecular weight is 290 g/mol. The third-order valence-corrected chi connectivity index (χ3v) is 3.56. The molecule has 21 heavy (non-hydrogen) atoms. The maximum atomic E-state index is 13.8. The molecule has 2 aromatic carbocycles. The van der Waals surface area contributed by atoms with Crippen LogP contribution < -0.4 is 11.3 Å². The van der Waals surface area contributed by atoms with Gasteiger partial charge in [0.05, 0.1) is 6.04 Å². The zero-order valence-corrected chi connectivity index (χ0v) is 12.1. The first-order valence-corrected chi connectivity index (χ1v) is 7.13. The monoisotopic (exact) mass is 290 g/mol. The van der Waals surface area contributed by atoms with Gasteiger partial charge in [0.25, 0.3) is 0 Å². The quantitative estimate of drug-likeness (QED) is 0.629. The van der Waals surface area contributed by atoms with Crippen molar-refractivity contribution in [2.75, 3.05) is 0 Å². The number of rotatable bonds is 6. The Kier molecular flexibility index (Phi) is 5.42. The van der Waals surface area contributed by atoms with Crippen molar-refractivity contribution >= 4 is 0 Å². The largest absolute Gasteiger partial charge is 0.271 e. The highest BCUT2D eigenvalue weighted by Gasteiger charge is 2.16. The van der Waals surface area contributed by atoms with E-state index in [1.165, 1.54) is 23.8 Å². The normalized spacial score (nSPS) is 12.4. The fraction of sp³-hybridized carbons (Fsp3) is 0.294. The summed E-state index contributed by atoms with van der Waals surface area (Å²) in [6.45, 7) is 2.11. The maximum absolute atomic E-state index is 13.8. The Bertz CT molecular complexity index is 579. The summed E-state index contributed by atoms with van der Waals surface area (Å²) in [6.07, 6.45) is 2.19. The van der Waals surface area contributed by atoms with Crippen LogP contribution in [-0.2, 0) is 12.8 Å². The Balaban J connectivity index is 2.26. The summed E-state index contributed by atoms with van der Waals surface area (Å²) in [7, 11) is 0. The van der Waals surface area contributed by atoms with Crippen LogP contribution in [0.4, 0.5) is 8.78 Å². The molecule has 2 aromatic rings. The second-order valence-electron chi connectivity index (χ2n) is 5.12. The molecule has 3 N–H and O–H groups in total. The number of hydrogen-bond donors (Lipinski definition) is 2. The van der Waals surface area contributed by atoms with Crippen molar-refractivity contribution < 1.29 is 8.78 Å². The average Bonchev–Trinajstić information content (AvgIpc) is 2.48. The molecule has 0 bridgehead atoms. The summed E-state index contributed by atoms with van der Waals surface area (Å²) in [6, 6.07) is 11.5. The van der Waals surface area contributed by atoms with Gasteiger partial charge in [0.15, 0.2) is 0 Å². The predicted octanol–water partition coefficient (Wildman–Crippen LogP) is 3.66. The number of benzene rings is 2. The molecule has 0 spiro atoms. The first-order valence-electron chi connectivity index (χ1n) is 7.13. The van der Waals surface area contributed by atoms with Crippen LogP contribution in [-0.4, -0.2) is 0 Å². The molecule has 0 aliphatic rings. The summed E-state index contributed by atoms with van der Waals surface area (Å²) in [5.41, 5.74) is 4.85. The Morgan fingerprint density at radius 2 is 1.76 bits per heavy atom. The van der Waals surface area contributed by atoms with Crippen LogP contribution >= 0.6 is 0 Å². The van der Waals surface area contributed by atoms with Crippen molar-refractivity contribution in [3.63, 3.8) is 0 Å². The second kappa shape index (κ2) is 7.29. The molecule has 2 nitrogen and oxygen atoms in total. The van der Waals surface area contributed by atoms with Crippen LogP contribution in [0.3, 0.4) is 0 Å². The fourth-order valence-electron chi connectivity index (χ4n) is 2.46. The molecule has 0 fully saturated rings. The van der Waals surface area contributed by atoms with Gasteiger partial charge in [-0.1, -0.05) is 43.7 Å². The van der Waals surface area contributed by atoms with Crippen molar-refractivity contribution in [2.45, 2.75) is 32.2 Å². The van der Waals surface area contributed by atoms with Gasteiger partial charge in [0.2, 0.25) is 0 Å². The van der Waals surface area contributed by atoms with E-state index in [9.17, 15) is 8.78 Å². The van der Waals surface area contributed by atoms with E-state index >= 15 is 0 Å². The maximum Gasteiger partial charge on any atom is 0.129 e. The smallest absolute Gasteiger partial charge is 0.129 e. The van der Waals surface area contributed by atoms with Gasteiger partial charge < -0.3 is 0 Å². The predicted molar refractivity (Wildman–Crippen MR) is 80.6 cm³/mol. The molecule has 112 valence electrons. The van der Waals surface area contributed by atoms with Crippen LogP contribution in [0.2, 0.25) is 0 Å². The highest BCUT2D eigenvalue weighted by Crippen LogP contribution is 2.22. The molecule has 1 atom stereocenters. The summed E-state index contributed by atoms with van der Waals surface area (Å²) < 4.78 is 27.5. The molecule has 1 unspecified atom stereocenters. The molecule has 0 aliphatic carbocycles. The third-order valence-electron chi connectivity index (χ3n) is 3.56. The van der Waals surface area contributed by atoms with Crippen LogP contribution in [0.5, 0.6) is 0 Å². The van der Waals surface area contributed by atoms with Crippen molar-refractivity contribution in [2.24, 2.45) is 5.84 Å². The van der Waals surface area contributed by atoms with Gasteiger partial charge in [0.1, 0.15) is 11.6 Å². The molecule has 0 aliphatic heterocycles. The molecule has 0 saturated carbocycles. The standard InChI is InChI=1S/C17H20F2N2/c1-2-5-12-6-3-7-13(10-12)17(21-20)11-14-15(18)8-4-9-16(14)19/h3-4,6-10,17,21H,2,5,11,20H2,1H3. The highest BCUT2D eigenvalue weighted by molar-refractivity contribution is 5.29. The number of nitrogens with one attached hydrogen (secondary N) is 1. The lowest BCUT2D eigenvalue weighted by Gasteiger charge is -2.18. The molecule has 0 saturated heterocycles. The van der Waals surface area contributed by atoms with E-state index in [1.54, 1.807) is 0 Å². The minimum absolute atomic E-state index is 0.0568. The van der Waals surface area contributed by atoms with Gasteiger partial charge in [-0.25, -0.2) is 8.78 Å². The van der Waals surface area contributed by atoms with Crippen molar-refractivity contribution in [1.82, 2.24) is 5.43 Å². The molecular weight excluding hydrogens is 270 g/mol. The van der Waals surface area contributed by atoms with E-state index in [0.29, 0.717) is 0 Å². The molecule has 0 aromatic heterocycles. The first-order chi connectivity index (χ1) is 10.2. The highest BCUT2D eigenvalue weighted by atomic mass is 19.1. The van der Waals surface area contributed by atoms with E-state index in [4.69, 9.17) is 5.84 Å². The SMILES string of the molecule is CCCc1cccc(C(Cc2c(F)cccc2F)NN)c1. The van der Waals surface area contributed by atoms with E-state index < -0.39 is 11.6 Å². The van der Waals surface area contributed by atoms with Crippen LogP contribution in [0.15, 0.2) is 42.5 Å². The van der Waals surface area contributed by atoms with E-state index in [-0.39, 0.29) is 18.0 Å². The number of hydrogen-bond acceptors (Lipinski definition) is 2. The molecule has 0 amide bonds. The lowest BCUT2D eigenvalue weighted by Crippen LogP contribution is -2.30. The third kappa shape index (κ3) is 3.86. The van der Waals surface area contributed by atoms with E-state index in [1.807, 2.05) is 24.3 Å². The minimum Gasteiger partial charge on any atom is -0.271 e. The van der Waals surface area contributed by atoms with Crippen molar-refractivity contribution in [1.29, 1.82) is 0 Å². The molecule has 4 heteroatoms. The Hall–Kier alpha value is -1.78. The Morgan fingerprint density at radius 3 is 2.38 bits per heavy atom. The van der Waals surface area contributed by atoms with E-state index in [2.05, 4.69) is 12.3 Å². The van der Waals surface area contributed by atoms with Crippen LogP contribution in [0, 0.1) is 11.6 Å². The van der Waals surface area contributed by atoms with Gasteiger partial charge in [-0.15, -0.1) is 0 Å². The molecule has 0 heterocycles. The Labute approximate surface area is 124 Å². The summed E-state index contributed by atoms with van der Waals surface area (Å²) >= 11 is 0. The molecular formula is C17H20F2N2. The zero-order valence-electron chi connectivity index (χ0n) is 12.1. The topological polar surface area (TPSA) is 38.0 Å². The van der Waals surface area contributed by atoms with Gasteiger partial charge in [-0.2, -0.15) is 0 Å². The summed E-state index contributed by atoms with van der Waals surface area (Å²) in [5.74, 6) is 4.50. The van der Waals surface area contributed by atoms with Gasteiger partial charge in [-0.05, 0) is 36.1 Å². The van der Waals surface area contributed by atoms with Gasteiger partial charge >= 0.3 is 0 Å². The van der Waals surface area contributed by atoms with Crippen molar-refractivity contribution in [3.05, 3.63) is 70.8 Å². The zero-order chi connectivity index (χ0) is 15.2. The summed E-state index contributed by atoms with van der Waals surface area (Å²) in [4.78, 5) is 0. The van der Waals surface area contributed by atoms with Gasteiger partial charge in [0, 0.05) is 5.56 Å². The number of hydrazine groups is 1. The number of aryl methyl sites for hydroxylation is 1. The Morgan fingerprint density at radius 1 is 1.10 bits per heavy atom. The van der Waals surface area contributed by atoms with Crippen LogP contribution in [0.1, 0.15) is 36.1 Å². The number of halogens is 2. The summed E-state index contributed by atoms with van der Waals surface area (Å²) in [5, 5.41) is 0. The van der Waals surface area contributed by atoms with Gasteiger partial charge in [-0.3, -0.25) is 11.3 Å². The lowest BCUT2D eigenvalue weighted by atomic mass is 9.96. The number of nitrogens with two attached hydrogens (primary N) is 1. The second-order valence-corrected chi connectivity index (χ2v) is 5.12. The van der Waals surface area contributed by atoms with E-state index in [0.717, 1.165) is 18.4 Å². The lowest BCUT2D eigenvalue weighted by molar-refractivity contribution is 0.499. The van der Waals surface area contributed by atoms with Crippen LogP contribution in [0.25, 0.3) is 0 Å². The van der Waals surface area contributed by atoms with Crippen molar-refractivity contribution in [3.8, 4) is 0 Å². The fourth-order valence-corrected chi connectivity index (χ4v) is 2.46. The molecule has 0 radical (unpaired) electrons. The first kappa shape index (κ1) is 15.6. The minimum atomic E-state index is -0.542. The molecule has 2 rings (SSSR count).